The second-order valence-corrected chi connectivity index (χ2v) is 5.07. The number of amides is 1. The first-order valence-corrected chi connectivity index (χ1v) is 6.81. The van der Waals surface area contributed by atoms with Crippen LogP contribution >= 0.6 is 0 Å². The predicted molar refractivity (Wildman–Crippen MR) is 78.8 cm³/mol. The highest BCUT2D eigenvalue weighted by molar-refractivity contribution is 5.73. The summed E-state index contributed by atoms with van der Waals surface area (Å²) in [6.45, 7) is 6.33. The standard InChI is InChI=1S/C15H24N2O3/c1-11(2)9-17-10-12-4-5-13(19-3)14(8-12)20-7-6-15(16)18/h4-5,8,11,17H,6-7,9-10H2,1-3H3,(H2,16,18). The third kappa shape index (κ3) is 5.93. The quantitative estimate of drug-likeness (QED) is 0.722. The van der Waals surface area contributed by atoms with Crippen molar-refractivity contribution in [3.05, 3.63) is 23.8 Å². The molecule has 112 valence electrons. The topological polar surface area (TPSA) is 73.6 Å². The molecule has 20 heavy (non-hydrogen) atoms. The van der Waals surface area contributed by atoms with E-state index in [9.17, 15) is 4.79 Å². The fourth-order valence-electron chi connectivity index (χ4n) is 1.71. The fourth-order valence-corrected chi connectivity index (χ4v) is 1.71. The lowest BCUT2D eigenvalue weighted by molar-refractivity contribution is -0.118. The molecule has 0 bridgehead atoms. The number of carbonyl (C=O) groups is 1. The maximum atomic E-state index is 10.7. The molecule has 5 nitrogen and oxygen atoms in total. The first-order chi connectivity index (χ1) is 9.52. The minimum absolute atomic E-state index is 0.193. The van der Waals surface area contributed by atoms with Crippen molar-refractivity contribution < 1.29 is 14.3 Å². The highest BCUT2D eigenvalue weighted by Crippen LogP contribution is 2.28. The van der Waals surface area contributed by atoms with Crippen LogP contribution in [-0.4, -0.2) is 26.2 Å². The van der Waals surface area contributed by atoms with E-state index in [4.69, 9.17) is 15.2 Å². The van der Waals surface area contributed by atoms with E-state index >= 15 is 0 Å². The third-order valence-electron chi connectivity index (χ3n) is 2.72. The molecule has 0 radical (unpaired) electrons. The molecule has 0 spiro atoms. The first-order valence-electron chi connectivity index (χ1n) is 6.81. The Kier molecular flexibility index (Phi) is 6.87. The van der Waals surface area contributed by atoms with E-state index < -0.39 is 0 Å². The molecule has 0 saturated heterocycles. The monoisotopic (exact) mass is 280 g/mol. The Morgan fingerprint density at radius 1 is 1.35 bits per heavy atom. The number of methoxy groups -OCH3 is 1. The van der Waals surface area contributed by atoms with Gasteiger partial charge in [-0.1, -0.05) is 19.9 Å². The number of benzene rings is 1. The number of carbonyl (C=O) groups excluding carboxylic acids is 1. The summed E-state index contributed by atoms with van der Waals surface area (Å²) < 4.78 is 10.8. The lowest BCUT2D eigenvalue weighted by atomic mass is 10.2. The van der Waals surface area contributed by atoms with Crippen LogP contribution in [0.15, 0.2) is 18.2 Å². The second-order valence-electron chi connectivity index (χ2n) is 5.07. The number of hydrogen-bond acceptors (Lipinski definition) is 4. The van der Waals surface area contributed by atoms with Crippen LogP contribution in [0, 0.1) is 5.92 Å². The molecule has 1 aromatic carbocycles. The lowest BCUT2D eigenvalue weighted by Crippen LogP contribution is -2.19. The van der Waals surface area contributed by atoms with Gasteiger partial charge in [0, 0.05) is 6.54 Å². The van der Waals surface area contributed by atoms with Crippen LogP contribution in [0.4, 0.5) is 0 Å². The molecule has 1 amide bonds. The molecule has 5 heteroatoms. The average molecular weight is 280 g/mol. The Morgan fingerprint density at radius 3 is 2.70 bits per heavy atom. The first kappa shape index (κ1) is 16.3. The maximum Gasteiger partial charge on any atom is 0.220 e. The van der Waals surface area contributed by atoms with Crippen molar-refractivity contribution in [3.63, 3.8) is 0 Å². The van der Waals surface area contributed by atoms with E-state index in [1.165, 1.54) is 0 Å². The van der Waals surface area contributed by atoms with Gasteiger partial charge in [-0.05, 0) is 30.2 Å². The molecule has 0 atom stereocenters. The Bertz CT molecular complexity index is 433. The maximum absolute atomic E-state index is 10.7. The van der Waals surface area contributed by atoms with Crippen LogP contribution in [0.3, 0.4) is 0 Å². The van der Waals surface area contributed by atoms with E-state index in [0.29, 0.717) is 17.4 Å². The van der Waals surface area contributed by atoms with Crippen LogP contribution in [0.2, 0.25) is 0 Å². The molecule has 0 aliphatic rings. The van der Waals surface area contributed by atoms with Gasteiger partial charge in [0.2, 0.25) is 5.91 Å². The van der Waals surface area contributed by atoms with Gasteiger partial charge in [0.05, 0.1) is 20.1 Å². The van der Waals surface area contributed by atoms with Gasteiger partial charge in [-0.3, -0.25) is 4.79 Å². The summed E-state index contributed by atoms with van der Waals surface area (Å²) in [6, 6.07) is 5.78. The van der Waals surface area contributed by atoms with E-state index in [0.717, 1.165) is 18.7 Å². The van der Waals surface area contributed by atoms with Crippen molar-refractivity contribution in [1.29, 1.82) is 0 Å². The Labute approximate surface area is 120 Å². The highest BCUT2D eigenvalue weighted by Gasteiger charge is 2.07. The summed E-state index contributed by atoms with van der Waals surface area (Å²) in [6.07, 6.45) is 0.193. The number of rotatable bonds is 9. The summed E-state index contributed by atoms with van der Waals surface area (Å²) >= 11 is 0. The Hall–Kier alpha value is -1.75. The zero-order chi connectivity index (χ0) is 15.0. The highest BCUT2D eigenvalue weighted by atomic mass is 16.5. The summed E-state index contributed by atoms with van der Waals surface area (Å²) in [7, 11) is 1.59. The summed E-state index contributed by atoms with van der Waals surface area (Å²) in [5.74, 6) is 1.53. The molecule has 0 heterocycles. The largest absolute Gasteiger partial charge is 0.493 e. The molecular weight excluding hydrogens is 256 g/mol. The van der Waals surface area contributed by atoms with Crippen molar-refractivity contribution in [2.45, 2.75) is 26.8 Å². The van der Waals surface area contributed by atoms with Crippen LogP contribution < -0.4 is 20.5 Å². The molecule has 0 saturated carbocycles. The van der Waals surface area contributed by atoms with Crippen LogP contribution in [0.5, 0.6) is 11.5 Å². The van der Waals surface area contributed by atoms with Crippen LogP contribution in [0.25, 0.3) is 0 Å². The van der Waals surface area contributed by atoms with Gasteiger partial charge in [0.1, 0.15) is 0 Å². The minimum atomic E-state index is -0.376. The van der Waals surface area contributed by atoms with Gasteiger partial charge >= 0.3 is 0 Å². The third-order valence-corrected chi connectivity index (χ3v) is 2.72. The number of ether oxygens (including phenoxy) is 2. The van der Waals surface area contributed by atoms with Crippen LogP contribution in [0.1, 0.15) is 25.8 Å². The number of hydrogen-bond donors (Lipinski definition) is 2. The van der Waals surface area contributed by atoms with Gasteiger partial charge in [0.25, 0.3) is 0 Å². The normalized spacial score (nSPS) is 10.6. The van der Waals surface area contributed by atoms with Crippen molar-refractivity contribution in [2.75, 3.05) is 20.3 Å². The fraction of sp³-hybridized carbons (Fsp3) is 0.533. The average Bonchev–Trinajstić information content (AvgIpc) is 2.38. The van der Waals surface area contributed by atoms with E-state index in [2.05, 4.69) is 19.2 Å². The lowest BCUT2D eigenvalue weighted by Gasteiger charge is -2.13. The molecule has 3 N–H and O–H groups in total. The molecule has 0 aliphatic heterocycles. The number of primary amides is 1. The van der Waals surface area contributed by atoms with Gasteiger partial charge in [-0.2, -0.15) is 0 Å². The van der Waals surface area contributed by atoms with Crippen molar-refractivity contribution in [1.82, 2.24) is 5.32 Å². The van der Waals surface area contributed by atoms with Crippen molar-refractivity contribution in [2.24, 2.45) is 11.7 Å². The SMILES string of the molecule is COc1ccc(CNCC(C)C)cc1OCCC(N)=O. The van der Waals surface area contributed by atoms with Gasteiger partial charge in [0.15, 0.2) is 11.5 Å². The molecule has 1 aromatic rings. The van der Waals surface area contributed by atoms with Crippen molar-refractivity contribution >= 4 is 5.91 Å². The summed E-state index contributed by atoms with van der Waals surface area (Å²) in [5.41, 5.74) is 6.20. The zero-order valence-corrected chi connectivity index (χ0v) is 12.4. The smallest absolute Gasteiger partial charge is 0.220 e. The van der Waals surface area contributed by atoms with Gasteiger partial charge in [-0.25, -0.2) is 0 Å². The summed E-state index contributed by atoms with van der Waals surface area (Å²) in [5, 5.41) is 3.37. The Morgan fingerprint density at radius 2 is 2.10 bits per heavy atom. The zero-order valence-electron chi connectivity index (χ0n) is 12.4. The van der Waals surface area contributed by atoms with E-state index in [1.807, 2.05) is 18.2 Å². The van der Waals surface area contributed by atoms with Crippen LogP contribution in [-0.2, 0) is 11.3 Å². The molecule has 0 unspecified atom stereocenters. The van der Waals surface area contributed by atoms with Gasteiger partial charge in [-0.15, -0.1) is 0 Å². The summed E-state index contributed by atoms with van der Waals surface area (Å²) in [4.78, 5) is 10.7. The second kappa shape index (κ2) is 8.43. The minimum Gasteiger partial charge on any atom is -0.493 e. The van der Waals surface area contributed by atoms with E-state index in [-0.39, 0.29) is 18.9 Å². The molecule has 1 rings (SSSR count). The predicted octanol–water partition coefficient (Wildman–Crippen LogP) is 1.69. The van der Waals surface area contributed by atoms with E-state index in [1.54, 1.807) is 7.11 Å². The molecular formula is C15H24N2O3. The molecule has 0 fully saturated rings. The molecule has 0 aromatic heterocycles. The molecule has 0 aliphatic carbocycles. The van der Waals surface area contributed by atoms with Crippen molar-refractivity contribution in [3.8, 4) is 11.5 Å². The Balaban J connectivity index is 2.62. The number of nitrogens with one attached hydrogen (secondary N) is 1. The number of nitrogens with two attached hydrogens (primary N) is 1. The van der Waals surface area contributed by atoms with Gasteiger partial charge < -0.3 is 20.5 Å².